The van der Waals surface area contributed by atoms with Crippen LogP contribution in [0.3, 0.4) is 0 Å². The fourth-order valence-corrected chi connectivity index (χ4v) is 3.17. The normalized spacial score (nSPS) is 17.3. The maximum Gasteiger partial charge on any atom is 0.306 e. The number of morpholine rings is 1. The number of ether oxygens (including phenoxy) is 2. The number of aromatic nitrogens is 1. The summed E-state index contributed by atoms with van der Waals surface area (Å²) in [5, 5.41) is 10.8. The molecule has 25 heavy (non-hydrogen) atoms. The number of aliphatic carboxylic acids is 1. The third-order valence-corrected chi connectivity index (χ3v) is 4.44. The molecule has 132 valence electrons. The lowest BCUT2D eigenvalue weighted by Gasteiger charge is -2.32. The van der Waals surface area contributed by atoms with Crippen LogP contribution in [0.15, 0.2) is 35.2 Å². The van der Waals surface area contributed by atoms with Crippen molar-refractivity contribution in [2.24, 2.45) is 0 Å². The van der Waals surface area contributed by atoms with Crippen LogP contribution < -0.4 is 4.74 Å². The third-order valence-electron chi connectivity index (χ3n) is 3.80. The van der Waals surface area contributed by atoms with Crippen molar-refractivity contribution in [3.05, 3.63) is 46.4 Å². The summed E-state index contributed by atoms with van der Waals surface area (Å²) in [5.74, 6) is -0.638. The van der Waals surface area contributed by atoms with Crippen molar-refractivity contribution >= 4 is 23.2 Å². The van der Waals surface area contributed by atoms with E-state index in [2.05, 4.69) is 4.98 Å². The summed E-state index contributed by atoms with van der Waals surface area (Å²) in [6, 6.07) is 7.03. The molecular weight excluding hydrogens is 344 g/mol. The number of amides is 1. The van der Waals surface area contributed by atoms with Gasteiger partial charge >= 0.3 is 5.97 Å². The van der Waals surface area contributed by atoms with Gasteiger partial charge in [-0.25, -0.2) is 4.98 Å². The molecule has 0 aliphatic carbocycles. The number of hydrogen-bond acceptors (Lipinski definition) is 6. The summed E-state index contributed by atoms with van der Waals surface area (Å²) in [5.41, 5.74) is 2.99. The molecule has 1 unspecified atom stereocenters. The van der Waals surface area contributed by atoms with Crippen LogP contribution in [0.2, 0.25) is 0 Å². The molecule has 2 heterocycles. The molecule has 0 saturated carbocycles. The van der Waals surface area contributed by atoms with Crippen molar-refractivity contribution in [1.29, 1.82) is 0 Å². The Morgan fingerprint density at radius 1 is 1.40 bits per heavy atom. The van der Waals surface area contributed by atoms with Crippen LogP contribution in [0.5, 0.6) is 5.75 Å². The Morgan fingerprint density at radius 3 is 3.00 bits per heavy atom. The van der Waals surface area contributed by atoms with Crippen molar-refractivity contribution in [1.82, 2.24) is 9.88 Å². The molecule has 3 rings (SSSR count). The molecule has 2 aromatic rings. The smallest absolute Gasteiger partial charge is 0.306 e. The molecule has 1 saturated heterocycles. The maximum absolute atomic E-state index is 12.8. The van der Waals surface area contributed by atoms with Crippen LogP contribution in [-0.2, 0) is 16.1 Å². The first-order valence-corrected chi connectivity index (χ1v) is 8.79. The number of carboxylic acid groups (broad SMARTS) is 1. The molecule has 1 aromatic carbocycles. The molecule has 7 nitrogen and oxygen atoms in total. The molecule has 0 bridgehead atoms. The summed E-state index contributed by atoms with van der Waals surface area (Å²) >= 11 is 1.48. The predicted octanol–water partition coefficient (Wildman–Crippen LogP) is 2.04. The second kappa shape index (κ2) is 8.09. The van der Waals surface area contributed by atoms with Crippen molar-refractivity contribution in [3.8, 4) is 5.75 Å². The second-order valence-corrected chi connectivity index (χ2v) is 6.33. The average molecular weight is 362 g/mol. The van der Waals surface area contributed by atoms with E-state index in [4.69, 9.17) is 14.6 Å². The lowest BCUT2D eigenvalue weighted by molar-refractivity contribution is -0.141. The van der Waals surface area contributed by atoms with Gasteiger partial charge in [0, 0.05) is 18.5 Å². The summed E-state index contributed by atoms with van der Waals surface area (Å²) < 4.78 is 11.2. The zero-order chi connectivity index (χ0) is 17.6. The van der Waals surface area contributed by atoms with Crippen molar-refractivity contribution < 1.29 is 24.2 Å². The SMILES string of the molecule is O=C(O)CC1CN(C(=O)c2ccccc2OCc2cscn2)CCO1. The first-order valence-electron chi connectivity index (χ1n) is 7.85. The third kappa shape index (κ3) is 4.55. The number of benzene rings is 1. The minimum atomic E-state index is -0.939. The first-order chi connectivity index (χ1) is 12.1. The maximum atomic E-state index is 12.8. The number of nitrogens with zero attached hydrogens (tertiary/aromatic N) is 2. The Balaban J connectivity index is 1.70. The average Bonchev–Trinajstić information content (AvgIpc) is 3.13. The van der Waals surface area contributed by atoms with E-state index in [-0.39, 0.29) is 18.9 Å². The number of carbonyl (C=O) groups excluding carboxylic acids is 1. The van der Waals surface area contributed by atoms with Crippen LogP contribution in [0.1, 0.15) is 22.5 Å². The quantitative estimate of drug-likeness (QED) is 0.846. The molecule has 1 aromatic heterocycles. The van der Waals surface area contributed by atoms with Crippen LogP contribution in [-0.4, -0.2) is 52.7 Å². The molecule has 1 N–H and O–H groups in total. The van der Waals surface area contributed by atoms with Crippen LogP contribution in [0, 0.1) is 0 Å². The first kappa shape index (κ1) is 17.4. The van der Waals surface area contributed by atoms with E-state index < -0.39 is 12.1 Å². The van der Waals surface area contributed by atoms with E-state index in [0.717, 1.165) is 5.69 Å². The molecule has 1 amide bonds. The molecular formula is C17H18N2O5S. The van der Waals surface area contributed by atoms with Gasteiger partial charge in [0.05, 0.1) is 35.9 Å². The fourth-order valence-electron chi connectivity index (χ4n) is 2.62. The second-order valence-electron chi connectivity index (χ2n) is 5.61. The minimum absolute atomic E-state index is 0.119. The minimum Gasteiger partial charge on any atom is -0.486 e. The Labute approximate surface area is 148 Å². The molecule has 1 fully saturated rings. The number of thiazole rings is 1. The summed E-state index contributed by atoms with van der Waals surface area (Å²) in [7, 11) is 0. The molecule has 0 spiro atoms. The molecule has 8 heteroatoms. The summed E-state index contributed by atoms with van der Waals surface area (Å²) in [6.45, 7) is 1.30. The van der Waals surface area contributed by atoms with Gasteiger partial charge < -0.3 is 19.5 Å². The van der Waals surface area contributed by atoms with Gasteiger partial charge in [0.25, 0.3) is 5.91 Å². The van der Waals surface area contributed by atoms with Crippen molar-refractivity contribution in [2.45, 2.75) is 19.1 Å². The van der Waals surface area contributed by atoms with E-state index in [1.807, 2.05) is 5.38 Å². The fraction of sp³-hybridized carbons (Fsp3) is 0.353. The number of carboxylic acids is 1. The lowest BCUT2D eigenvalue weighted by atomic mass is 10.1. The highest BCUT2D eigenvalue weighted by molar-refractivity contribution is 7.07. The Bertz CT molecular complexity index is 734. The number of para-hydroxylation sites is 1. The number of rotatable bonds is 6. The highest BCUT2D eigenvalue weighted by Crippen LogP contribution is 2.22. The summed E-state index contributed by atoms with van der Waals surface area (Å²) in [6.07, 6.45) is -0.607. The molecule has 1 aliphatic heterocycles. The van der Waals surface area contributed by atoms with E-state index in [1.165, 1.54) is 11.3 Å². The van der Waals surface area contributed by atoms with Gasteiger partial charge in [0.15, 0.2) is 0 Å². The van der Waals surface area contributed by atoms with Gasteiger partial charge in [-0.3, -0.25) is 9.59 Å². The Kier molecular flexibility index (Phi) is 5.62. The Morgan fingerprint density at radius 2 is 2.24 bits per heavy atom. The number of carbonyl (C=O) groups is 2. The standard InChI is InChI=1S/C17H18N2O5S/c20-16(21)7-13-8-19(5-6-23-13)17(22)14-3-1-2-4-15(14)24-9-12-10-25-11-18-12/h1-4,10-11,13H,5-9H2,(H,20,21). The van der Waals surface area contributed by atoms with Crippen molar-refractivity contribution in [3.63, 3.8) is 0 Å². The van der Waals surface area contributed by atoms with E-state index >= 15 is 0 Å². The molecule has 0 radical (unpaired) electrons. The number of hydrogen-bond donors (Lipinski definition) is 1. The predicted molar refractivity (Wildman–Crippen MR) is 90.8 cm³/mol. The van der Waals surface area contributed by atoms with E-state index in [1.54, 1.807) is 34.7 Å². The lowest BCUT2D eigenvalue weighted by Crippen LogP contribution is -2.46. The van der Waals surface area contributed by atoms with Crippen LogP contribution >= 0.6 is 11.3 Å². The van der Waals surface area contributed by atoms with Crippen molar-refractivity contribution in [2.75, 3.05) is 19.7 Å². The van der Waals surface area contributed by atoms with Gasteiger partial charge in [-0.15, -0.1) is 11.3 Å². The van der Waals surface area contributed by atoms with Gasteiger partial charge in [-0.2, -0.15) is 0 Å². The van der Waals surface area contributed by atoms with Gasteiger partial charge in [0.1, 0.15) is 12.4 Å². The highest BCUT2D eigenvalue weighted by Gasteiger charge is 2.28. The van der Waals surface area contributed by atoms with E-state index in [0.29, 0.717) is 31.1 Å². The van der Waals surface area contributed by atoms with Crippen LogP contribution in [0.4, 0.5) is 0 Å². The molecule has 1 atom stereocenters. The topological polar surface area (TPSA) is 89.0 Å². The van der Waals surface area contributed by atoms with Gasteiger partial charge in [-0.1, -0.05) is 12.1 Å². The Hall–Kier alpha value is -2.45. The van der Waals surface area contributed by atoms with E-state index in [9.17, 15) is 9.59 Å². The largest absolute Gasteiger partial charge is 0.486 e. The zero-order valence-electron chi connectivity index (χ0n) is 13.5. The summed E-state index contributed by atoms with van der Waals surface area (Å²) in [4.78, 5) is 29.5. The van der Waals surface area contributed by atoms with Gasteiger partial charge in [-0.05, 0) is 12.1 Å². The van der Waals surface area contributed by atoms with Gasteiger partial charge in [0.2, 0.25) is 0 Å². The van der Waals surface area contributed by atoms with Crippen LogP contribution in [0.25, 0.3) is 0 Å². The highest BCUT2D eigenvalue weighted by atomic mass is 32.1. The monoisotopic (exact) mass is 362 g/mol. The molecule has 1 aliphatic rings. The zero-order valence-corrected chi connectivity index (χ0v) is 14.3.